The minimum absolute atomic E-state index is 0.0698. The van der Waals surface area contributed by atoms with Crippen molar-refractivity contribution in [3.05, 3.63) is 45.9 Å². The highest BCUT2D eigenvalue weighted by Gasteiger charge is 2.28. The quantitative estimate of drug-likeness (QED) is 0.889. The van der Waals surface area contributed by atoms with Crippen molar-refractivity contribution >= 4 is 27.1 Å². The molecule has 0 aliphatic heterocycles. The number of halogens is 2. The SMILES string of the molecule is CC(F)(F)c1ncc(CNC(=O)c2ccc(S(C)(=O)=O)cc2)s1. The Morgan fingerprint density at radius 3 is 2.39 bits per heavy atom. The molecular formula is C14H14F2N2O3S2. The molecule has 0 radical (unpaired) electrons. The zero-order valence-electron chi connectivity index (χ0n) is 12.3. The first-order valence-electron chi connectivity index (χ1n) is 6.48. The van der Waals surface area contributed by atoms with E-state index in [1.54, 1.807) is 0 Å². The van der Waals surface area contributed by atoms with Crippen LogP contribution < -0.4 is 5.32 Å². The van der Waals surface area contributed by atoms with Crippen molar-refractivity contribution < 1.29 is 22.0 Å². The van der Waals surface area contributed by atoms with Gasteiger partial charge >= 0.3 is 0 Å². The van der Waals surface area contributed by atoms with Gasteiger partial charge in [-0.25, -0.2) is 13.4 Å². The normalized spacial score (nSPS) is 12.2. The molecule has 1 amide bonds. The molecule has 124 valence electrons. The van der Waals surface area contributed by atoms with Gasteiger partial charge in [0.25, 0.3) is 11.8 Å². The molecule has 1 aromatic heterocycles. The Labute approximate surface area is 136 Å². The van der Waals surface area contributed by atoms with E-state index in [0.717, 1.165) is 24.5 Å². The summed E-state index contributed by atoms with van der Waals surface area (Å²) in [6.07, 6.45) is 2.37. The number of thiazole rings is 1. The highest BCUT2D eigenvalue weighted by molar-refractivity contribution is 7.90. The second kappa shape index (κ2) is 6.32. The fraction of sp³-hybridized carbons (Fsp3) is 0.286. The minimum Gasteiger partial charge on any atom is -0.347 e. The van der Waals surface area contributed by atoms with Gasteiger partial charge < -0.3 is 5.32 Å². The van der Waals surface area contributed by atoms with Gasteiger partial charge in [0.05, 0.1) is 11.4 Å². The number of carbonyl (C=O) groups is 1. The molecular weight excluding hydrogens is 346 g/mol. The maximum Gasteiger partial charge on any atom is 0.296 e. The fourth-order valence-corrected chi connectivity index (χ4v) is 3.13. The third-order valence-corrected chi connectivity index (χ3v) is 5.19. The Bertz CT molecular complexity index is 809. The number of sulfone groups is 1. The number of hydrogen-bond acceptors (Lipinski definition) is 5. The summed E-state index contributed by atoms with van der Waals surface area (Å²) in [7, 11) is -3.32. The van der Waals surface area contributed by atoms with Crippen molar-refractivity contribution in [1.82, 2.24) is 10.3 Å². The summed E-state index contributed by atoms with van der Waals surface area (Å²) in [5.41, 5.74) is 0.281. The van der Waals surface area contributed by atoms with Crippen LogP contribution in [0.4, 0.5) is 8.78 Å². The third kappa shape index (κ3) is 4.55. The monoisotopic (exact) mass is 360 g/mol. The molecule has 1 N–H and O–H groups in total. The van der Waals surface area contributed by atoms with Crippen molar-refractivity contribution in [3.8, 4) is 0 Å². The predicted octanol–water partition coefficient (Wildman–Crippen LogP) is 2.59. The summed E-state index contributed by atoms with van der Waals surface area (Å²) in [5.74, 6) is -3.43. The van der Waals surface area contributed by atoms with Gasteiger partial charge in [-0.3, -0.25) is 4.79 Å². The average molecular weight is 360 g/mol. The first-order chi connectivity index (χ1) is 10.6. The van der Waals surface area contributed by atoms with Gasteiger partial charge in [0.2, 0.25) is 0 Å². The van der Waals surface area contributed by atoms with Gasteiger partial charge in [-0.15, -0.1) is 11.3 Å². The molecule has 5 nitrogen and oxygen atoms in total. The highest BCUT2D eigenvalue weighted by Crippen LogP contribution is 2.30. The van der Waals surface area contributed by atoms with Crippen LogP contribution in [-0.4, -0.2) is 25.6 Å². The summed E-state index contributed by atoms with van der Waals surface area (Å²) in [6.45, 7) is 0.831. The van der Waals surface area contributed by atoms with E-state index >= 15 is 0 Å². The van der Waals surface area contributed by atoms with E-state index in [9.17, 15) is 22.0 Å². The van der Waals surface area contributed by atoms with E-state index in [0.29, 0.717) is 4.88 Å². The summed E-state index contributed by atoms with van der Waals surface area (Å²) in [4.78, 5) is 16.2. The fourth-order valence-electron chi connectivity index (χ4n) is 1.72. The maximum absolute atomic E-state index is 13.1. The van der Waals surface area contributed by atoms with Gasteiger partial charge in [0.1, 0.15) is 0 Å². The molecule has 0 atom stereocenters. The number of rotatable bonds is 5. The second-order valence-electron chi connectivity index (χ2n) is 5.00. The molecule has 9 heteroatoms. The van der Waals surface area contributed by atoms with Crippen molar-refractivity contribution in [1.29, 1.82) is 0 Å². The second-order valence-corrected chi connectivity index (χ2v) is 8.13. The lowest BCUT2D eigenvalue weighted by molar-refractivity contribution is 0.0172. The predicted molar refractivity (Wildman–Crippen MR) is 82.4 cm³/mol. The summed E-state index contributed by atoms with van der Waals surface area (Å²) < 4.78 is 48.8. The zero-order chi connectivity index (χ0) is 17.3. The Balaban J connectivity index is 2.01. The number of nitrogens with zero attached hydrogens (tertiary/aromatic N) is 1. The van der Waals surface area contributed by atoms with E-state index < -0.39 is 21.7 Å². The van der Waals surface area contributed by atoms with Crippen molar-refractivity contribution in [2.45, 2.75) is 24.3 Å². The summed E-state index contributed by atoms with van der Waals surface area (Å²) in [6, 6.07) is 5.47. The summed E-state index contributed by atoms with van der Waals surface area (Å²) >= 11 is 0.828. The van der Waals surface area contributed by atoms with Crippen molar-refractivity contribution in [2.75, 3.05) is 6.26 Å². The van der Waals surface area contributed by atoms with Gasteiger partial charge in [0.15, 0.2) is 14.8 Å². The number of hydrogen-bond donors (Lipinski definition) is 1. The van der Waals surface area contributed by atoms with Crippen LogP contribution >= 0.6 is 11.3 Å². The molecule has 0 saturated carbocycles. The van der Waals surface area contributed by atoms with Gasteiger partial charge in [-0.05, 0) is 24.3 Å². The lowest BCUT2D eigenvalue weighted by atomic mass is 10.2. The highest BCUT2D eigenvalue weighted by atomic mass is 32.2. The van der Waals surface area contributed by atoms with Crippen LogP contribution in [0.15, 0.2) is 35.4 Å². The van der Waals surface area contributed by atoms with E-state index in [1.807, 2.05) is 0 Å². The number of amides is 1. The molecule has 0 unspecified atom stereocenters. The Hall–Kier alpha value is -1.87. The van der Waals surface area contributed by atoms with Gasteiger partial charge in [0, 0.05) is 29.8 Å². The number of alkyl halides is 2. The smallest absolute Gasteiger partial charge is 0.296 e. The van der Waals surface area contributed by atoms with Crippen LogP contribution in [0.3, 0.4) is 0 Å². The lowest BCUT2D eigenvalue weighted by Crippen LogP contribution is -2.22. The Morgan fingerprint density at radius 2 is 1.91 bits per heavy atom. The minimum atomic E-state index is -3.32. The van der Waals surface area contributed by atoms with Gasteiger partial charge in [-0.1, -0.05) is 0 Å². The van der Waals surface area contributed by atoms with Crippen LogP contribution in [0.5, 0.6) is 0 Å². The first-order valence-corrected chi connectivity index (χ1v) is 9.19. The van der Waals surface area contributed by atoms with Crippen molar-refractivity contribution in [3.63, 3.8) is 0 Å². The summed E-state index contributed by atoms with van der Waals surface area (Å²) in [5, 5.41) is 2.27. The van der Waals surface area contributed by atoms with Crippen LogP contribution in [0.25, 0.3) is 0 Å². The van der Waals surface area contributed by atoms with Crippen LogP contribution in [0, 0.1) is 0 Å². The zero-order valence-corrected chi connectivity index (χ0v) is 14.0. The molecule has 1 aromatic carbocycles. The van der Waals surface area contributed by atoms with E-state index in [-0.39, 0.29) is 22.0 Å². The van der Waals surface area contributed by atoms with Crippen molar-refractivity contribution in [2.24, 2.45) is 0 Å². The van der Waals surface area contributed by atoms with E-state index in [1.165, 1.54) is 30.5 Å². The molecule has 0 spiro atoms. The standard InChI is InChI=1S/C14H14F2N2O3S2/c1-14(15,16)13-18-8-10(22-13)7-17-12(19)9-3-5-11(6-4-9)23(2,20)21/h3-6,8H,7H2,1-2H3,(H,17,19). The van der Waals surface area contributed by atoms with Gasteiger partial charge in [-0.2, -0.15) is 8.78 Å². The number of nitrogens with one attached hydrogen (secondary N) is 1. The molecule has 23 heavy (non-hydrogen) atoms. The molecule has 1 heterocycles. The topological polar surface area (TPSA) is 76.1 Å². The average Bonchev–Trinajstić information content (AvgIpc) is 2.93. The molecule has 0 bridgehead atoms. The number of benzene rings is 1. The van der Waals surface area contributed by atoms with Crippen LogP contribution in [-0.2, 0) is 22.3 Å². The third-order valence-electron chi connectivity index (χ3n) is 2.90. The lowest BCUT2D eigenvalue weighted by Gasteiger charge is -2.05. The number of carbonyl (C=O) groups excluding carboxylic acids is 1. The Morgan fingerprint density at radius 1 is 1.30 bits per heavy atom. The molecule has 2 rings (SSSR count). The molecule has 0 aliphatic rings. The molecule has 0 saturated heterocycles. The molecule has 0 aliphatic carbocycles. The Kier molecular flexibility index (Phi) is 4.81. The molecule has 2 aromatic rings. The largest absolute Gasteiger partial charge is 0.347 e. The molecule has 0 fully saturated rings. The van der Waals surface area contributed by atoms with E-state index in [2.05, 4.69) is 10.3 Å². The van der Waals surface area contributed by atoms with E-state index in [4.69, 9.17) is 0 Å². The van der Waals surface area contributed by atoms with Crippen LogP contribution in [0.1, 0.15) is 27.2 Å². The van der Waals surface area contributed by atoms with Crippen LogP contribution in [0.2, 0.25) is 0 Å². The first kappa shape index (κ1) is 17.5. The number of aromatic nitrogens is 1. The maximum atomic E-state index is 13.1.